The summed E-state index contributed by atoms with van der Waals surface area (Å²) in [4.78, 5) is 23.7. The third-order valence-corrected chi connectivity index (χ3v) is 5.21. The number of carbonyl (C=O) groups excluding carboxylic acids is 1. The first-order valence-electron chi connectivity index (χ1n) is 9.59. The number of aryl methyl sites for hydroxylation is 1. The molecule has 2 aromatic heterocycles. The maximum absolute atomic E-state index is 13.4. The second-order valence-corrected chi connectivity index (χ2v) is 7.27. The molecule has 1 unspecified atom stereocenters. The van der Waals surface area contributed by atoms with Crippen LogP contribution in [0.4, 0.5) is 4.39 Å². The molecule has 1 fully saturated rings. The first kappa shape index (κ1) is 19.0. The number of nitrogens with zero attached hydrogens (tertiary/aromatic N) is 4. The highest BCUT2D eigenvalue weighted by atomic mass is 19.1. The van der Waals surface area contributed by atoms with Crippen LogP contribution in [0.25, 0.3) is 11.1 Å². The minimum absolute atomic E-state index is 0.0394. The molecule has 3 aromatic rings. The van der Waals surface area contributed by atoms with Gasteiger partial charge in [-0.3, -0.25) is 4.79 Å². The molecule has 1 amide bonds. The number of hydrogen-bond donors (Lipinski definition) is 0. The van der Waals surface area contributed by atoms with Crippen molar-refractivity contribution in [3.05, 3.63) is 83.1 Å². The van der Waals surface area contributed by atoms with E-state index in [1.54, 1.807) is 35.4 Å². The number of piperidine rings is 1. The topological polar surface area (TPSA) is 73.0 Å². The summed E-state index contributed by atoms with van der Waals surface area (Å²) < 4.78 is 14.0. The smallest absolute Gasteiger partial charge is 0.259 e. The molecule has 0 aliphatic carbocycles. The Balaban J connectivity index is 1.64. The van der Waals surface area contributed by atoms with Crippen molar-refractivity contribution in [2.24, 2.45) is 0 Å². The molecule has 7 heteroatoms. The molecule has 148 valence electrons. The Morgan fingerprint density at radius 2 is 2.07 bits per heavy atom. The molecule has 1 aliphatic heterocycles. The lowest BCUT2D eigenvalue weighted by atomic mass is 9.89. The fraction of sp³-hybridized carbons (Fsp3) is 0.273. The second kappa shape index (κ2) is 7.95. The van der Waals surface area contributed by atoms with Crippen LogP contribution in [0.5, 0.6) is 0 Å². The number of hydrogen-bond acceptors (Lipinski definition) is 4. The number of halogens is 1. The van der Waals surface area contributed by atoms with Crippen LogP contribution in [-0.4, -0.2) is 33.9 Å². The van der Waals surface area contributed by atoms with Gasteiger partial charge in [-0.15, -0.1) is 0 Å². The van der Waals surface area contributed by atoms with Crippen molar-refractivity contribution >= 4 is 5.91 Å². The molecule has 0 bridgehead atoms. The summed E-state index contributed by atoms with van der Waals surface area (Å²) >= 11 is 0. The van der Waals surface area contributed by atoms with Gasteiger partial charge in [0.25, 0.3) is 5.91 Å². The fourth-order valence-electron chi connectivity index (χ4n) is 3.80. The van der Waals surface area contributed by atoms with E-state index < -0.39 is 0 Å². The molecule has 0 radical (unpaired) electrons. The Labute approximate surface area is 168 Å². The van der Waals surface area contributed by atoms with Gasteiger partial charge in [-0.2, -0.15) is 4.73 Å². The lowest BCUT2D eigenvalue weighted by Crippen LogP contribution is -2.40. The van der Waals surface area contributed by atoms with Crippen LogP contribution in [0.3, 0.4) is 0 Å². The molecule has 4 rings (SSSR count). The molecule has 1 atom stereocenters. The number of amides is 1. The molecule has 1 aromatic carbocycles. The maximum Gasteiger partial charge on any atom is 0.259 e. The highest BCUT2D eigenvalue weighted by Crippen LogP contribution is 2.33. The summed E-state index contributed by atoms with van der Waals surface area (Å²) in [5.74, 6) is 0.243. The van der Waals surface area contributed by atoms with Gasteiger partial charge in [0, 0.05) is 36.8 Å². The highest BCUT2D eigenvalue weighted by Gasteiger charge is 2.29. The predicted octanol–water partition coefficient (Wildman–Crippen LogP) is 3.24. The van der Waals surface area contributed by atoms with Gasteiger partial charge < -0.3 is 10.1 Å². The summed E-state index contributed by atoms with van der Waals surface area (Å²) in [5, 5.41) is 11.5. The Morgan fingerprint density at radius 1 is 1.28 bits per heavy atom. The van der Waals surface area contributed by atoms with Crippen molar-refractivity contribution in [3.8, 4) is 11.1 Å². The highest BCUT2D eigenvalue weighted by molar-refractivity contribution is 5.93. The lowest BCUT2D eigenvalue weighted by molar-refractivity contribution is -0.605. The maximum atomic E-state index is 13.4. The molecular formula is C22H21FN4O2. The van der Waals surface area contributed by atoms with E-state index in [0.29, 0.717) is 29.2 Å². The average Bonchev–Trinajstić information content (AvgIpc) is 2.74. The number of likely N-dealkylation sites (tertiary alicyclic amines) is 1. The third-order valence-electron chi connectivity index (χ3n) is 5.21. The van der Waals surface area contributed by atoms with Crippen molar-refractivity contribution in [2.45, 2.75) is 25.7 Å². The zero-order valence-electron chi connectivity index (χ0n) is 16.1. The molecule has 1 saturated heterocycles. The number of aromatic nitrogens is 3. The van der Waals surface area contributed by atoms with Gasteiger partial charge in [0.15, 0.2) is 12.4 Å². The van der Waals surface area contributed by atoms with Crippen molar-refractivity contribution in [3.63, 3.8) is 0 Å². The van der Waals surface area contributed by atoms with Gasteiger partial charge in [-0.25, -0.2) is 14.4 Å². The van der Waals surface area contributed by atoms with Gasteiger partial charge in [0.05, 0.1) is 5.69 Å². The van der Waals surface area contributed by atoms with Crippen molar-refractivity contribution in [2.75, 3.05) is 13.1 Å². The zero-order valence-corrected chi connectivity index (χ0v) is 16.1. The summed E-state index contributed by atoms with van der Waals surface area (Å²) in [6.07, 6.45) is 6.15. The average molecular weight is 392 g/mol. The molecule has 29 heavy (non-hydrogen) atoms. The van der Waals surface area contributed by atoms with Crippen LogP contribution in [0, 0.1) is 17.9 Å². The zero-order chi connectivity index (χ0) is 20.4. The van der Waals surface area contributed by atoms with Crippen LogP contribution in [-0.2, 0) is 0 Å². The monoisotopic (exact) mass is 392 g/mol. The summed E-state index contributed by atoms with van der Waals surface area (Å²) in [7, 11) is 0. The Hall–Kier alpha value is -3.35. The molecule has 6 nitrogen and oxygen atoms in total. The fourth-order valence-corrected chi connectivity index (χ4v) is 3.80. The molecule has 0 spiro atoms. The van der Waals surface area contributed by atoms with E-state index in [1.165, 1.54) is 24.5 Å². The van der Waals surface area contributed by atoms with Gasteiger partial charge in [0.2, 0.25) is 0 Å². The van der Waals surface area contributed by atoms with E-state index in [4.69, 9.17) is 0 Å². The SMILES string of the molecule is Cc1ncc(-c2ccc(F)cc2)c(C2CCCN(C(=O)c3ccc[n+]([O-])c3)C2)n1. The molecule has 3 heterocycles. The van der Waals surface area contributed by atoms with Crippen molar-refractivity contribution < 1.29 is 13.9 Å². The van der Waals surface area contributed by atoms with Gasteiger partial charge >= 0.3 is 0 Å². The summed E-state index contributed by atoms with van der Waals surface area (Å²) in [6, 6.07) is 9.50. The van der Waals surface area contributed by atoms with Crippen LogP contribution in [0.2, 0.25) is 0 Å². The predicted molar refractivity (Wildman–Crippen MR) is 105 cm³/mol. The van der Waals surface area contributed by atoms with E-state index in [1.807, 2.05) is 6.92 Å². The number of carbonyl (C=O) groups is 1. The molecule has 0 saturated carbocycles. The minimum Gasteiger partial charge on any atom is -0.619 e. The Morgan fingerprint density at radius 3 is 2.83 bits per heavy atom. The Kier molecular flexibility index (Phi) is 5.20. The molecule has 1 aliphatic rings. The molecule has 0 N–H and O–H groups in total. The van der Waals surface area contributed by atoms with Gasteiger partial charge in [-0.1, -0.05) is 12.1 Å². The molecular weight excluding hydrogens is 371 g/mol. The largest absolute Gasteiger partial charge is 0.619 e. The van der Waals surface area contributed by atoms with E-state index in [-0.39, 0.29) is 17.6 Å². The van der Waals surface area contributed by atoms with Crippen LogP contribution < -0.4 is 4.73 Å². The van der Waals surface area contributed by atoms with Gasteiger partial charge in [-0.05, 0) is 43.5 Å². The minimum atomic E-state index is -0.295. The first-order chi connectivity index (χ1) is 14.0. The Bertz CT molecular complexity index is 1040. The van der Waals surface area contributed by atoms with Crippen LogP contribution in [0.1, 0.15) is 40.6 Å². The van der Waals surface area contributed by atoms with Gasteiger partial charge in [0.1, 0.15) is 17.2 Å². The normalized spacial score (nSPS) is 16.6. The van der Waals surface area contributed by atoms with E-state index in [2.05, 4.69) is 9.97 Å². The number of benzene rings is 1. The quantitative estimate of drug-likeness (QED) is 0.507. The van der Waals surface area contributed by atoms with Crippen molar-refractivity contribution in [1.29, 1.82) is 0 Å². The van der Waals surface area contributed by atoms with Crippen LogP contribution in [0.15, 0.2) is 55.0 Å². The van der Waals surface area contributed by atoms with Crippen molar-refractivity contribution in [1.82, 2.24) is 14.9 Å². The van der Waals surface area contributed by atoms with E-state index >= 15 is 0 Å². The third kappa shape index (κ3) is 4.08. The number of pyridine rings is 1. The second-order valence-electron chi connectivity index (χ2n) is 7.27. The van der Waals surface area contributed by atoms with Crippen LogP contribution >= 0.6 is 0 Å². The summed E-state index contributed by atoms with van der Waals surface area (Å²) in [6.45, 7) is 2.98. The lowest BCUT2D eigenvalue weighted by Gasteiger charge is -2.33. The van der Waals surface area contributed by atoms with E-state index in [9.17, 15) is 14.4 Å². The first-order valence-corrected chi connectivity index (χ1v) is 9.59. The van der Waals surface area contributed by atoms with E-state index in [0.717, 1.165) is 29.7 Å². The summed E-state index contributed by atoms with van der Waals surface area (Å²) in [5.41, 5.74) is 2.95. The standard InChI is InChI=1S/C22H21FN4O2/c1-15-24-12-20(16-6-8-19(23)9-7-16)21(25-15)17-4-2-10-26(13-17)22(28)18-5-3-11-27(29)14-18/h3,5-9,11-12,14,17H,2,4,10,13H2,1H3. The number of rotatable bonds is 3.